The lowest BCUT2D eigenvalue weighted by Crippen LogP contribution is -2.32. The van der Waals surface area contributed by atoms with Gasteiger partial charge in [-0.1, -0.05) is 11.6 Å². The van der Waals surface area contributed by atoms with Gasteiger partial charge in [-0.05, 0) is 32.8 Å². The second-order valence-electron chi connectivity index (χ2n) is 5.73. The Labute approximate surface area is 112 Å². The van der Waals surface area contributed by atoms with Gasteiger partial charge >= 0.3 is 0 Å². The van der Waals surface area contributed by atoms with E-state index in [1.54, 1.807) is 0 Å². The van der Waals surface area contributed by atoms with Crippen LogP contribution in [0.25, 0.3) is 0 Å². The Hall–Kier alpha value is -1.16. The molecular weight excluding hydrogens is 248 g/mol. The highest BCUT2D eigenvalue weighted by Gasteiger charge is 2.50. The van der Waals surface area contributed by atoms with Crippen LogP contribution >= 0.6 is 0 Å². The maximum atomic E-state index is 13.8. The van der Waals surface area contributed by atoms with E-state index in [1.165, 1.54) is 13.2 Å². The van der Waals surface area contributed by atoms with Crippen molar-refractivity contribution >= 4 is 0 Å². The number of benzene rings is 1. The smallest absolute Gasteiger partial charge is 0.274 e. The lowest BCUT2D eigenvalue weighted by molar-refractivity contribution is 0.0148. The van der Waals surface area contributed by atoms with Gasteiger partial charge in [0.1, 0.15) is 5.75 Å². The molecule has 1 saturated carbocycles. The maximum Gasteiger partial charge on any atom is 0.274 e. The highest BCUT2D eigenvalue weighted by atomic mass is 19.3. The molecule has 1 aliphatic rings. The summed E-state index contributed by atoms with van der Waals surface area (Å²) in [5.41, 5.74) is 7.47. The van der Waals surface area contributed by atoms with Crippen molar-refractivity contribution in [3.8, 4) is 5.75 Å². The van der Waals surface area contributed by atoms with Gasteiger partial charge in [-0.3, -0.25) is 0 Å². The molecule has 1 aliphatic carbocycles. The summed E-state index contributed by atoms with van der Waals surface area (Å²) in [4.78, 5) is 0. The average Bonchev–Trinajstić information content (AvgIpc) is 3.07. The average molecular weight is 269 g/mol. The lowest BCUT2D eigenvalue weighted by atomic mass is 9.85. The van der Waals surface area contributed by atoms with Crippen LogP contribution in [0.1, 0.15) is 43.4 Å². The van der Waals surface area contributed by atoms with E-state index in [-0.39, 0.29) is 17.0 Å². The fraction of sp³-hybridized carbons (Fsp3) is 0.600. The van der Waals surface area contributed by atoms with E-state index in [0.717, 1.165) is 30.9 Å². The molecule has 0 aromatic heterocycles. The van der Waals surface area contributed by atoms with Crippen LogP contribution in [0.15, 0.2) is 12.1 Å². The van der Waals surface area contributed by atoms with E-state index in [9.17, 15) is 8.78 Å². The fourth-order valence-electron chi connectivity index (χ4n) is 2.79. The minimum absolute atomic E-state index is 0.0445. The predicted octanol–water partition coefficient (Wildman–Crippen LogP) is 3.49. The zero-order valence-corrected chi connectivity index (χ0v) is 11.9. The molecule has 0 spiro atoms. The van der Waals surface area contributed by atoms with Gasteiger partial charge in [0.15, 0.2) is 0 Å². The van der Waals surface area contributed by atoms with Crippen molar-refractivity contribution in [2.24, 2.45) is 5.73 Å². The molecule has 2 rings (SSSR count). The monoisotopic (exact) mass is 269 g/mol. The number of nitrogens with two attached hydrogens (primary N) is 1. The van der Waals surface area contributed by atoms with Crippen molar-refractivity contribution < 1.29 is 13.5 Å². The van der Waals surface area contributed by atoms with Gasteiger partial charge in [0.05, 0.1) is 12.7 Å². The van der Waals surface area contributed by atoms with E-state index in [1.807, 2.05) is 19.9 Å². The predicted molar refractivity (Wildman–Crippen MR) is 71.9 cm³/mol. The molecule has 1 aromatic carbocycles. The maximum absolute atomic E-state index is 13.8. The lowest BCUT2D eigenvalue weighted by Gasteiger charge is -2.26. The van der Waals surface area contributed by atoms with Crippen molar-refractivity contribution in [1.29, 1.82) is 0 Å². The summed E-state index contributed by atoms with van der Waals surface area (Å²) in [7, 11) is 1.45. The van der Waals surface area contributed by atoms with Crippen LogP contribution in [-0.4, -0.2) is 13.2 Å². The molecule has 1 unspecified atom stereocenters. The number of ether oxygens (including phenoxy) is 1. The van der Waals surface area contributed by atoms with Crippen LogP contribution in [0.4, 0.5) is 8.78 Å². The number of hydrogen-bond acceptors (Lipinski definition) is 2. The molecule has 2 N–H and O–H groups in total. The largest absolute Gasteiger partial charge is 0.496 e. The molecule has 1 fully saturated rings. The number of methoxy groups -OCH3 is 1. The fourth-order valence-corrected chi connectivity index (χ4v) is 2.79. The SMILES string of the molecule is COc1c(C(C)(F)F)cc(C)cc1C1(C(C)N)CC1. The molecule has 2 nitrogen and oxygen atoms in total. The van der Waals surface area contributed by atoms with Gasteiger partial charge in [-0.15, -0.1) is 0 Å². The second-order valence-corrected chi connectivity index (χ2v) is 5.73. The van der Waals surface area contributed by atoms with Gasteiger partial charge in [-0.2, -0.15) is 0 Å². The van der Waals surface area contributed by atoms with E-state index >= 15 is 0 Å². The highest BCUT2D eigenvalue weighted by Crippen LogP contribution is 2.55. The molecule has 19 heavy (non-hydrogen) atoms. The van der Waals surface area contributed by atoms with E-state index in [0.29, 0.717) is 5.75 Å². The molecule has 0 amide bonds. The number of halogens is 2. The Bertz CT molecular complexity index is 488. The van der Waals surface area contributed by atoms with Gasteiger partial charge in [0.2, 0.25) is 0 Å². The summed E-state index contributed by atoms with van der Waals surface area (Å²) >= 11 is 0. The number of hydrogen-bond donors (Lipinski definition) is 1. The molecule has 0 heterocycles. The number of aryl methyl sites for hydroxylation is 1. The molecule has 4 heteroatoms. The Balaban J connectivity index is 2.65. The molecule has 0 radical (unpaired) electrons. The normalized spacial score (nSPS) is 19.1. The van der Waals surface area contributed by atoms with Gasteiger partial charge in [-0.25, -0.2) is 8.78 Å². The van der Waals surface area contributed by atoms with Crippen LogP contribution in [0.5, 0.6) is 5.75 Å². The van der Waals surface area contributed by atoms with Crippen LogP contribution in [0.2, 0.25) is 0 Å². The van der Waals surface area contributed by atoms with Crippen molar-refractivity contribution in [3.05, 3.63) is 28.8 Å². The van der Waals surface area contributed by atoms with Crippen LogP contribution in [0.3, 0.4) is 0 Å². The zero-order valence-electron chi connectivity index (χ0n) is 11.9. The number of alkyl halides is 2. The summed E-state index contributed by atoms with van der Waals surface area (Å²) < 4.78 is 32.8. The third kappa shape index (κ3) is 2.34. The van der Waals surface area contributed by atoms with Crippen molar-refractivity contribution in [2.75, 3.05) is 7.11 Å². The molecule has 1 aromatic rings. The Morgan fingerprint density at radius 1 is 1.37 bits per heavy atom. The van der Waals surface area contributed by atoms with Gasteiger partial charge < -0.3 is 10.5 Å². The zero-order chi connectivity index (χ0) is 14.4. The van der Waals surface area contributed by atoms with Crippen molar-refractivity contribution in [1.82, 2.24) is 0 Å². The quantitative estimate of drug-likeness (QED) is 0.908. The topological polar surface area (TPSA) is 35.2 Å². The van der Waals surface area contributed by atoms with E-state index < -0.39 is 5.92 Å². The van der Waals surface area contributed by atoms with Crippen LogP contribution in [-0.2, 0) is 11.3 Å². The standard InChI is InChI=1S/C15H21F2NO/c1-9-7-11(14(3,16)17)13(19-4)12(8-9)15(5-6-15)10(2)18/h7-8,10H,5-6,18H2,1-4H3. The molecule has 0 saturated heterocycles. The van der Waals surface area contributed by atoms with Crippen molar-refractivity contribution in [2.45, 2.75) is 51.0 Å². The summed E-state index contributed by atoms with van der Waals surface area (Å²) in [6.45, 7) is 4.66. The number of rotatable bonds is 4. The summed E-state index contributed by atoms with van der Waals surface area (Å²) in [6.07, 6.45) is 1.86. The first kappa shape index (κ1) is 14.3. The molecule has 0 bridgehead atoms. The van der Waals surface area contributed by atoms with Crippen LogP contribution < -0.4 is 10.5 Å². The van der Waals surface area contributed by atoms with Gasteiger partial charge in [0.25, 0.3) is 5.92 Å². The first-order valence-electron chi connectivity index (χ1n) is 6.55. The first-order valence-corrected chi connectivity index (χ1v) is 6.55. The minimum atomic E-state index is -2.92. The Kier molecular flexibility index (Phi) is 3.33. The summed E-state index contributed by atoms with van der Waals surface area (Å²) in [5, 5.41) is 0. The third-order valence-electron chi connectivity index (χ3n) is 4.11. The summed E-state index contributed by atoms with van der Waals surface area (Å²) in [5.74, 6) is -2.62. The molecular formula is C15H21F2NO. The Morgan fingerprint density at radius 2 is 1.95 bits per heavy atom. The molecule has 0 aliphatic heterocycles. The molecule has 106 valence electrons. The van der Waals surface area contributed by atoms with Crippen molar-refractivity contribution in [3.63, 3.8) is 0 Å². The minimum Gasteiger partial charge on any atom is -0.496 e. The first-order chi connectivity index (χ1) is 8.72. The van der Waals surface area contributed by atoms with Gasteiger partial charge in [0, 0.05) is 23.9 Å². The summed E-state index contributed by atoms with van der Waals surface area (Å²) in [6, 6.07) is 3.37. The van der Waals surface area contributed by atoms with Crippen LogP contribution in [0, 0.1) is 6.92 Å². The van der Waals surface area contributed by atoms with E-state index in [2.05, 4.69) is 0 Å². The second kappa shape index (κ2) is 4.44. The third-order valence-corrected chi connectivity index (χ3v) is 4.11. The molecule has 1 atom stereocenters. The van der Waals surface area contributed by atoms with E-state index in [4.69, 9.17) is 10.5 Å². The Morgan fingerprint density at radius 3 is 2.32 bits per heavy atom. The highest BCUT2D eigenvalue weighted by molar-refractivity contribution is 5.53.